The number of halogens is 2. The molecule has 4 aliphatic heterocycles. The van der Waals surface area contributed by atoms with Gasteiger partial charge in [-0.3, -0.25) is 29.4 Å². The predicted octanol–water partition coefficient (Wildman–Crippen LogP) is 3.85. The number of nitrogens with zero attached hydrogens (tertiary/aromatic N) is 4. The normalized spacial score (nSPS) is 37.0. The first kappa shape index (κ1) is 57.5. The molecule has 0 aromatic heterocycles. The van der Waals surface area contributed by atoms with E-state index in [2.05, 4.69) is 56.0 Å². The highest BCUT2D eigenvalue weighted by atomic mass is 35.5. The fraction of sp³-hybridized carbons (Fsp3) is 0.923. The zero-order valence-electron chi connectivity index (χ0n) is 44.3. The summed E-state index contributed by atoms with van der Waals surface area (Å²) in [6.07, 6.45) is 15.5. The molecule has 10 unspecified atom stereocenters. The number of hydrazine groups is 2. The molecule has 21 heteroatoms. The largest absolute Gasteiger partial charge is 0.381 e. The van der Waals surface area contributed by atoms with Crippen molar-refractivity contribution in [2.24, 2.45) is 33.7 Å². The number of aliphatic imine (C=N–C) groups is 2. The maximum absolute atomic E-state index is 13.4. The van der Waals surface area contributed by atoms with Crippen LogP contribution in [0.4, 0.5) is 0 Å². The summed E-state index contributed by atoms with van der Waals surface area (Å²) in [5.41, 5.74) is 16.5. The minimum atomic E-state index is -0.211. The van der Waals surface area contributed by atoms with Gasteiger partial charge in [0, 0.05) is 73.4 Å². The number of hydrogen-bond donors (Lipinski definition) is 6. The fourth-order valence-corrected chi connectivity index (χ4v) is 13.9. The van der Waals surface area contributed by atoms with Crippen molar-refractivity contribution in [2.75, 3.05) is 93.4 Å². The second-order valence-corrected chi connectivity index (χ2v) is 22.9. The molecule has 19 nitrogen and oxygen atoms in total. The van der Waals surface area contributed by atoms with E-state index in [0.29, 0.717) is 128 Å². The second kappa shape index (κ2) is 29.4. The molecule has 4 aliphatic carbocycles. The zero-order valence-corrected chi connectivity index (χ0v) is 45.8. The number of amides is 2. The Hall–Kier alpha value is -1.66. The van der Waals surface area contributed by atoms with Crippen LogP contribution in [-0.4, -0.2) is 198 Å². The van der Waals surface area contributed by atoms with Crippen LogP contribution in [0, 0.1) is 23.7 Å². The lowest BCUT2D eigenvalue weighted by Gasteiger charge is -2.44. The van der Waals surface area contributed by atoms with Gasteiger partial charge < -0.3 is 43.8 Å². The molecule has 2 amide bonds. The molecule has 4 saturated carbocycles. The minimum Gasteiger partial charge on any atom is -0.381 e. The van der Waals surface area contributed by atoms with Gasteiger partial charge in [0.05, 0.1) is 128 Å². The first-order valence-electron chi connectivity index (χ1n) is 28.1. The molecule has 416 valence electrons. The molecular weight excluding hydrogens is 980 g/mol. The maximum atomic E-state index is 13.4. The van der Waals surface area contributed by atoms with Crippen molar-refractivity contribution >= 4 is 46.4 Å². The van der Waals surface area contributed by atoms with Gasteiger partial charge in [-0.2, -0.15) is 0 Å². The van der Waals surface area contributed by atoms with Crippen LogP contribution in [0.1, 0.15) is 117 Å². The summed E-state index contributed by atoms with van der Waals surface area (Å²) >= 11 is 13.1. The van der Waals surface area contributed by atoms with Crippen LogP contribution in [0.2, 0.25) is 0 Å². The Balaban J connectivity index is 0.643. The van der Waals surface area contributed by atoms with Gasteiger partial charge in [0.25, 0.3) is 0 Å². The van der Waals surface area contributed by atoms with Gasteiger partial charge >= 0.3 is 0 Å². The van der Waals surface area contributed by atoms with E-state index < -0.39 is 0 Å². The zero-order chi connectivity index (χ0) is 51.1. The molecule has 0 spiro atoms. The van der Waals surface area contributed by atoms with Crippen molar-refractivity contribution in [3.63, 3.8) is 0 Å². The molecule has 8 rings (SSSR count). The molecule has 73 heavy (non-hydrogen) atoms. The van der Waals surface area contributed by atoms with Crippen LogP contribution >= 0.6 is 23.2 Å². The standard InChI is InChI=1S/C52H90Cl2N10O9/c1-33-59-61-51-43(57-49(35-5-9-37(53)10-6-35)41-29-39(67-3)13-15-45(41)63(33)51)31-47(65)55-17-19-69-21-23-71-25-27-73-28-26-72-24-22-70-20-18-56-48(66)32-44-52-62-60-34(2)64(52)46-16-14-40(68-4)30-42(46)50(58-44)36-7-11-38(54)12-8-36/h33-46,51-52,59-62H,5-32H2,1-4H3,(H,55,65)(H,56,66)/t33?,34?,35?,36?,37?,38?,39?,40?,41?,42?,43-,44-,45?,46?,51?,52?/m0/s1. The third kappa shape index (κ3) is 15.8. The predicted molar refractivity (Wildman–Crippen MR) is 282 cm³/mol. The number of nitrogens with one attached hydrogen (secondary N) is 6. The molecule has 6 fully saturated rings. The smallest absolute Gasteiger partial charge is 0.222 e. The summed E-state index contributed by atoms with van der Waals surface area (Å²) in [5, 5.41) is 6.62. The van der Waals surface area contributed by atoms with Crippen LogP contribution in [0.25, 0.3) is 0 Å². The third-order valence-corrected chi connectivity index (χ3v) is 17.9. The lowest BCUT2D eigenvalue weighted by molar-refractivity contribution is -0.123. The van der Waals surface area contributed by atoms with Crippen molar-refractivity contribution < 1.29 is 42.7 Å². The Bertz CT molecular complexity index is 1640. The van der Waals surface area contributed by atoms with E-state index >= 15 is 0 Å². The molecule has 12 atom stereocenters. The van der Waals surface area contributed by atoms with Gasteiger partial charge in [0.15, 0.2) is 0 Å². The van der Waals surface area contributed by atoms with Gasteiger partial charge in [0.2, 0.25) is 11.8 Å². The molecule has 0 radical (unpaired) electrons. The SMILES string of the molecule is COC1CCC2C(C1)C(C1CCC(Cl)CC1)=N[C@@H](CC(=O)NCCOCCOCCOCCOCCOCCNC(=O)C[C@@H]1N=C(C3CCC(Cl)CC3)C3CC(OC)CCC3N3C(C)NNC13)C1NNC(C)N21. The maximum Gasteiger partial charge on any atom is 0.222 e. The number of ether oxygens (including phenoxy) is 7. The summed E-state index contributed by atoms with van der Waals surface area (Å²) in [6, 6.07) is 0.269. The summed E-state index contributed by atoms with van der Waals surface area (Å²) in [7, 11) is 3.65. The van der Waals surface area contributed by atoms with Crippen molar-refractivity contribution in [3.8, 4) is 0 Å². The highest BCUT2D eigenvalue weighted by Crippen LogP contribution is 2.44. The Morgan fingerprint density at radius 2 is 0.877 bits per heavy atom. The summed E-state index contributed by atoms with van der Waals surface area (Å²) in [4.78, 5) is 42.8. The third-order valence-electron chi connectivity index (χ3n) is 17.1. The van der Waals surface area contributed by atoms with Crippen LogP contribution in [0.15, 0.2) is 9.98 Å². The van der Waals surface area contributed by atoms with Crippen molar-refractivity contribution in [1.29, 1.82) is 0 Å². The Morgan fingerprint density at radius 1 is 0.521 bits per heavy atom. The Kier molecular flexibility index (Phi) is 23.1. The van der Waals surface area contributed by atoms with Gasteiger partial charge in [-0.1, -0.05) is 0 Å². The molecule has 0 aromatic rings. The number of rotatable bonds is 26. The molecule has 8 aliphatic rings. The van der Waals surface area contributed by atoms with Gasteiger partial charge in [-0.05, 0) is 116 Å². The van der Waals surface area contributed by atoms with E-state index in [4.69, 9.17) is 66.3 Å². The fourth-order valence-electron chi connectivity index (χ4n) is 13.4. The highest BCUT2D eigenvalue weighted by molar-refractivity contribution is 6.21. The Morgan fingerprint density at radius 3 is 1.23 bits per heavy atom. The van der Waals surface area contributed by atoms with E-state index in [1.54, 1.807) is 0 Å². The number of carbonyl (C=O) groups is 2. The first-order valence-corrected chi connectivity index (χ1v) is 29.0. The number of hydrogen-bond acceptors (Lipinski definition) is 17. The topological polar surface area (TPSA) is 202 Å². The van der Waals surface area contributed by atoms with Crippen molar-refractivity contribution in [2.45, 2.75) is 188 Å². The van der Waals surface area contributed by atoms with Crippen molar-refractivity contribution in [3.05, 3.63) is 0 Å². The molecule has 4 heterocycles. The van der Waals surface area contributed by atoms with E-state index in [9.17, 15) is 9.59 Å². The van der Waals surface area contributed by atoms with Crippen LogP contribution in [0.5, 0.6) is 0 Å². The molecule has 6 N–H and O–H groups in total. The van der Waals surface area contributed by atoms with E-state index in [1.807, 2.05) is 14.2 Å². The van der Waals surface area contributed by atoms with Gasteiger partial charge in [0.1, 0.15) is 0 Å². The lowest BCUT2D eigenvalue weighted by Crippen LogP contribution is -2.55. The van der Waals surface area contributed by atoms with Gasteiger partial charge in [-0.15, -0.1) is 23.2 Å². The first-order chi connectivity index (χ1) is 35.6. The van der Waals surface area contributed by atoms with E-state index in [0.717, 1.165) is 89.9 Å². The molecule has 0 bridgehead atoms. The average molecular weight is 1070 g/mol. The van der Waals surface area contributed by atoms with Crippen molar-refractivity contribution in [1.82, 2.24) is 42.1 Å². The summed E-state index contributed by atoms with van der Waals surface area (Å²) in [6.45, 7) is 9.56. The second-order valence-electron chi connectivity index (χ2n) is 21.7. The number of fused-ring (bicyclic) bond motifs is 6. The number of carbonyl (C=O) groups excluding carboxylic acids is 2. The minimum absolute atomic E-state index is 0.0240. The van der Waals surface area contributed by atoms with Crippen LogP contribution in [-0.2, 0) is 42.7 Å². The average Bonchev–Trinajstić information content (AvgIpc) is 3.90. The number of methoxy groups -OCH3 is 2. The Labute approximate surface area is 445 Å². The van der Waals surface area contributed by atoms with E-state index in [1.165, 1.54) is 11.4 Å². The molecular formula is C52H90Cl2N10O9. The van der Waals surface area contributed by atoms with Gasteiger partial charge in [-0.25, -0.2) is 21.7 Å². The number of alkyl halides is 2. The highest BCUT2D eigenvalue weighted by Gasteiger charge is 2.52. The lowest BCUT2D eigenvalue weighted by atomic mass is 9.72. The summed E-state index contributed by atoms with van der Waals surface area (Å²) < 4.78 is 40.3. The van der Waals surface area contributed by atoms with Crippen LogP contribution in [0.3, 0.4) is 0 Å². The van der Waals surface area contributed by atoms with Crippen LogP contribution < -0.4 is 32.3 Å². The quantitative estimate of drug-likeness (QED) is 0.0539. The van der Waals surface area contributed by atoms with E-state index in [-0.39, 0.29) is 71.5 Å². The molecule has 2 saturated heterocycles. The summed E-state index contributed by atoms with van der Waals surface area (Å²) in [5.74, 6) is 1.36. The molecule has 0 aromatic carbocycles. The monoisotopic (exact) mass is 1070 g/mol.